The molecule has 136 valence electrons. The normalized spacial score (nSPS) is 15.7. The van der Waals surface area contributed by atoms with Gasteiger partial charge in [0.15, 0.2) is 0 Å². The molecule has 0 saturated carbocycles. The van der Waals surface area contributed by atoms with Crippen molar-refractivity contribution in [3.63, 3.8) is 0 Å². The van der Waals surface area contributed by atoms with Crippen molar-refractivity contribution in [2.45, 2.75) is 25.5 Å². The fraction of sp³-hybridized carbons (Fsp3) is 0.667. The molecular weight excluding hydrogens is 340 g/mol. The summed E-state index contributed by atoms with van der Waals surface area (Å²) in [7, 11) is 1.77. The second-order valence-corrected chi connectivity index (χ2v) is 7.19. The maximum atomic E-state index is 12.3. The lowest BCUT2D eigenvalue weighted by Gasteiger charge is -2.34. The molecule has 10 heteroatoms. The third kappa shape index (κ3) is 4.57. The summed E-state index contributed by atoms with van der Waals surface area (Å²) in [5, 5.41) is 16.4. The van der Waals surface area contributed by atoms with Crippen LogP contribution >= 0.6 is 11.8 Å². The first-order valence-electron chi connectivity index (χ1n) is 8.39. The lowest BCUT2D eigenvalue weighted by Crippen LogP contribution is -2.49. The third-order valence-electron chi connectivity index (χ3n) is 4.36. The Balaban J connectivity index is 1.40. The average molecular weight is 364 g/mol. The second kappa shape index (κ2) is 7.96. The Bertz CT molecular complexity index is 719. The van der Waals surface area contributed by atoms with Gasteiger partial charge < -0.3 is 4.90 Å². The number of carbonyl (C=O) groups is 1. The van der Waals surface area contributed by atoms with E-state index in [-0.39, 0.29) is 5.91 Å². The van der Waals surface area contributed by atoms with E-state index < -0.39 is 0 Å². The number of aryl methyl sites for hydroxylation is 3. The number of carbonyl (C=O) groups excluding carboxylic acids is 1. The van der Waals surface area contributed by atoms with Crippen molar-refractivity contribution in [1.82, 2.24) is 39.8 Å². The van der Waals surface area contributed by atoms with E-state index in [9.17, 15) is 4.79 Å². The summed E-state index contributed by atoms with van der Waals surface area (Å²) in [5.41, 5.74) is 2.25. The van der Waals surface area contributed by atoms with Crippen LogP contribution in [0.2, 0.25) is 0 Å². The summed E-state index contributed by atoms with van der Waals surface area (Å²) < 4.78 is 3.63. The lowest BCUT2D eigenvalue weighted by molar-refractivity contribution is -0.130. The van der Waals surface area contributed by atoms with Crippen molar-refractivity contribution in [2.24, 2.45) is 7.05 Å². The minimum absolute atomic E-state index is 0.145. The Morgan fingerprint density at radius 1 is 1.20 bits per heavy atom. The van der Waals surface area contributed by atoms with Crippen LogP contribution in [0.25, 0.3) is 0 Å². The maximum Gasteiger partial charge on any atom is 0.233 e. The highest BCUT2D eigenvalue weighted by Crippen LogP contribution is 2.14. The summed E-state index contributed by atoms with van der Waals surface area (Å²) in [4.78, 5) is 16.6. The Hall–Kier alpha value is -1.94. The maximum absolute atomic E-state index is 12.3. The number of piperazine rings is 1. The van der Waals surface area contributed by atoms with Crippen molar-refractivity contribution >= 4 is 17.7 Å². The van der Waals surface area contributed by atoms with Crippen molar-refractivity contribution in [3.05, 3.63) is 17.5 Å². The molecule has 3 heterocycles. The highest BCUT2D eigenvalue weighted by molar-refractivity contribution is 7.99. The molecule has 0 atom stereocenters. The van der Waals surface area contributed by atoms with Gasteiger partial charge in [-0.3, -0.25) is 14.4 Å². The van der Waals surface area contributed by atoms with Crippen molar-refractivity contribution in [1.29, 1.82) is 0 Å². The highest BCUT2D eigenvalue weighted by Gasteiger charge is 2.21. The molecule has 0 N–H and O–H groups in total. The summed E-state index contributed by atoms with van der Waals surface area (Å²) >= 11 is 1.38. The number of hydrogen-bond acceptors (Lipinski definition) is 7. The second-order valence-electron chi connectivity index (χ2n) is 6.25. The van der Waals surface area contributed by atoms with Gasteiger partial charge >= 0.3 is 0 Å². The standard InChI is InChI=1S/C15H24N8OS/c1-12-10-13(2)23(17-12)9-6-21-4-7-22(8-5-21)14(24)11-25-15-16-18-19-20(15)3/h10H,4-9,11H2,1-3H3. The van der Waals surface area contributed by atoms with Crippen LogP contribution in [0.15, 0.2) is 11.2 Å². The van der Waals surface area contributed by atoms with Gasteiger partial charge in [-0.15, -0.1) is 5.10 Å². The first-order chi connectivity index (χ1) is 12.0. The first kappa shape index (κ1) is 17.9. The number of hydrogen-bond donors (Lipinski definition) is 0. The molecule has 9 nitrogen and oxygen atoms in total. The minimum atomic E-state index is 0.145. The van der Waals surface area contributed by atoms with Gasteiger partial charge in [-0.1, -0.05) is 11.8 Å². The predicted octanol–water partition coefficient (Wildman–Crippen LogP) is -0.0401. The van der Waals surface area contributed by atoms with E-state index in [1.165, 1.54) is 17.5 Å². The van der Waals surface area contributed by atoms with Gasteiger partial charge in [0.2, 0.25) is 11.1 Å². The van der Waals surface area contributed by atoms with Crippen LogP contribution in [0.3, 0.4) is 0 Å². The zero-order valence-electron chi connectivity index (χ0n) is 14.9. The van der Waals surface area contributed by atoms with Crippen LogP contribution in [0, 0.1) is 13.8 Å². The minimum Gasteiger partial charge on any atom is -0.339 e. The molecule has 1 fully saturated rings. The topological polar surface area (TPSA) is 85.0 Å². The summed E-state index contributed by atoms with van der Waals surface area (Å²) in [5.74, 6) is 0.520. The van der Waals surface area contributed by atoms with Crippen molar-refractivity contribution in [2.75, 3.05) is 38.5 Å². The van der Waals surface area contributed by atoms with Gasteiger partial charge in [0.25, 0.3) is 0 Å². The van der Waals surface area contributed by atoms with Gasteiger partial charge in [-0.25, -0.2) is 4.68 Å². The molecule has 3 rings (SSSR count). The fourth-order valence-corrected chi connectivity index (χ4v) is 3.67. The van der Waals surface area contributed by atoms with Gasteiger partial charge in [0.05, 0.1) is 18.0 Å². The van der Waals surface area contributed by atoms with Crippen molar-refractivity contribution < 1.29 is 4.79 Å². The van der Waals surface area contributed by atoms with Crippen LogP contribution < -0.4 is 0 Å². The van der Waals surface area contributed by atoms with Gasteiger partial charge in [-0.2, -0.15) is 5.10 Å². The molecule has 0 aliphatic carbocycles. The molecule has 2 aromatic heterocycles. The molecule has 1 saturated heterocycles. The monoisotopic (exact) mass is 364 g/mol. The first-order valence-corrected chi connectivity index (χ1v) is 9.38. The van der Waals surface area contributed by atoms with Gasteiger partial charge in [-0.05, 0) is 30.3 Å². The number of aromatic nitrogens is 6. The molecule has 0 aromatic carbocycles. The van der Waals surface area contributed by atoms with E-state index in [0.717, 1.165) is 45.0 Å². The summed E-state index contributed by atoms with van der Waals surface area (Å²) in [6, 6.07) is 2.10. The Kier molecular flexibility index (Phi) is 5.69. The lowest BCUT2D eigenvalue weighted by atomic mass is 10.3. The van der Waals surface area contributed by atoms with Gasteiger partial charge in [0.1, 0.15) is 0 Å². The number of thioether (sulfide) groups is 1. The third-order valence-corrected chi connectivity index (χ3v) is 5.36. The number of amides is 1. The zero-order valence-corrected chi connectivity index (χ0v) is 15.7. The van der Waals surface area contributed by atoms with Crippen LogP contribution in [0.5, 0.6) is 0 Å². The fourth-order valence-electron chi connectivity index (χ4n) is 2.92. The molecule has 1 amide bonds. The summed E-state index contributed by atoms with van der Waals surface area (Å²) in [6.45, 7) is 9.31. The van der Waals surface area contributed by atoms with Crippen LogP contribution in [-0.2, 0) is 18.4 Å². The molecule has 0 bridgehead atoms. The van der Waals surface area contributed by atoms with E-state index in [4.69, 9.17) is 0 Å². The van der Waals surface area contributed by atoms with Crippen LogP contribution in [-0.4, -0.2) is 84.2 Å². The smallest absolute Gasteiger partial charge is 0.233 e. The Labute approximate surface area is 151 Å². The molecule has 0 radical (unpaired) electrons. The number of tetrazole rings is 1. The highest BCUT2D eigenvalue weighted by atomic mass is 32.2. The molecule has 1 aliphatic rings. The van der Waals surface area contributed by atoms with E-state index >= 15 is 0 Å². The molecular formula is C15H24N8OS. The van der Waals surface area contributed by atoms with Crippen LogP contribution in [0.1, 0.15) is 11.4 Å². The molecule has 0 spiro atoms. The largest absolute Gasteiger partial charge is 0.339 e. The predicted molar refractivity (Wildman–Crippen MR) is 94.2 cm³/mol. The summed E-state index contributed by atoms with van der Waals surface area (Å²) in [6.07, 6.45) is 0. The van der Waals surface area contributed by atoms with E-state index in [1.54, 1.807) is 11.7 Å². The number of nitrogens with zero attached hydrogens (tertiary/aromatic N) is 8. The SMILES string of the molecule is Cc1cc(C)n(CCN2CCN(C(=O)CSc3nnnn3C)CC2)n1. The van der Waals surface area contributed by atoms with Gasteiger partial charge in [0, 0.05) is 45.5 Å². The zero-order chi connectivity index (χ0) is 17.8. The molecule has 1 aliphatic heterocycles. The quantitative estimate of drug-likeness (QED) is 0.665. The Morgan fingerprint density at radius 3 is 2.56 bits per heavy atom. The van der Waals surface area contributed by atoms with E-state index in [1.807, 2.05) is 11.8 Å². The van der Waals surface area contributed by atoms with Crippen molar-refractivity contribution in [3.8, 4) is 0 Å². The van der Waals surface area contributed by atoms with E-state index in [2.05, 4.69) is 43.2 Å². The van der Waals surface area contributed by atoms with Crippen LogP contribution in [0.4, 0.5) is 0 Å². The molecule has 25 heavy (non-hydrogen) atoms. The average Bonchev–Trinajstić information content (AvgIpc) is 3.15. The molecule has 2 aromatic rings. The molecule has 0 unspecified atom stereocenters. The Morgan fingerprint density at radius 2 is 1.96 bits per heavy atom. The van der Waals surface area contributed by atoms with E-state index in [0.29, 0.717) is 10.9 Å². The number of rotatable bonds is 6.